The summed E-state index contributed by atoms with van der Waals surface area (Å²) in [5, 5.41) is 0. The van der Waals surface area contributed by atoms with Crippen molar-refractivity contribution in [2.75, 3.05) is 0 Å². The van der Waals surface area contributed by atoms with E-state index in [1.54, 1.807) is 0 Å². The first-order valence-electron chi connectivity index (χ1n) is 5.70. The Labute approximate surface area is 95.0 Å². The molecule has 1 heteroatoms. The molecule has 0 saturated heterocycles. The van der Waals surface area contributed by atoms with Gasteiger partial charge in [-0.15, -0.1) is 0 Å². The van der Waals surface area contributed by atoms with Crippen LogP contribution >= 0.6 is 0 Å². The van der Waals surface area contributed by atoms with Gasteiger partial charge in [-0.1, -0.05) is 47.1 Å². The maximum Gasteiger partial charge on any atom is 0.156 e. The second kappa shape index (κ2) is 4.96. The number of rotatable bonds is 3. The summed E-state index contributed by atoms with van der Waals surface area (Å²) < 4.78 is 0. The van der Waals surface area contributed by atoms with Crippen LogP contribution in [0.2, 0.25) is 0 Å². The minimum atomic E-state index is 0.0929. The van der Waals surface area contributed by atoms with Gasteiger partial charge in [0.1, 0.15) is 0 Å². The van der Waals surface area contributed by atoms with E-state index in [1.165, 1.54) is 5.57 Å². The summed E-state index contributed by atoms with van der Waals surface area (Å²) in [5.74, 6) is 0.254. The molecule has 0 radical (unpaired) electrons. The van der Waals surface area contributed by atoms with Gasteiger partial charge in [-0.05, 0) is 30.3 Å². The van der Waals surface area contributed by atoms with Crippen LogP contribution in [-0.2, 0) is 4.79 Å². The molecule has 0 aliphatic carbocycles. The normalized spacial score (nSPS) is 14.2. The molecule has 1 nitrogen and oxygen atoms in total. The molecule has 0 rings (SSSR count). The monoisotopic (exact) mass is 210 g/mol. The van der Waals surface area contributed by atoms with Crippen molar-refractivity contribution in [1.82, 2.24) is 0 Å². The van der Waals surface area contributed by atoms with Gasteiger partial charge in [-0.3, -0.25) is 4.79 Å². The Kier molecular flexibility index (Phi) is 4.76. The zero-order valence-electron chi connectivity index (χ0n) is 11.4. The summed E-state index contributed by atoms with van der Waals surface area (Å²) in [5.41, 5.74) is 1.55. The van der Waals surface area contributed by atoms with Gasteiger partial charge < -0.3 is 0 Å². The molecule has 0 amide bonds. The molecule has 0 spiro atoms. The highest BCUT2D eigenvalue weighted by molar-refractivity contribution is 5.90. The zero-order chi connectivity index (χ0) is 12.3. The Morgan fingerprint density at radius 2 is 1.33 bits per heavy atom. The van der Waals surface area contributed by atoms with Crippen molar-refractivity contribution in [2.24, 2.45) is 10.8 Å². The van der Waals surface area contributed by atoms with Crippen molar-refractivity contribution in [2.45, 2.75) is 61.3 Å². The number of hydrogen-bond donors (Lipinski definition) is 0. The maximum atomic E-state index is 11.7. The van der Waals surface area contributed by atoms with E-state index in [9.17, 15) is 4.79 Å². The maximum absolute atomic E-state index is 11.7. The van der Waals surface area contributed by atoms with Crippen molar-refractivity contribution < 1.29 is 4.79 Å². The van der Waals surface area contributed by atoms with Crippen LogP contribution in [-0.4, -0.2) is 5.78 Å². The summed E-state index contributed by atoms with van der Waals surface area (Å²) in [6.07, 6.45) is 3.44. The third kappa shape index (κ3) is 9.71. The molecular formula is C14H26O. The molecule has 0 saturated carbocycles. The van der Waals surface area contributed by atoms with Crippen molar-refractivity contribution >= 4 is 5.78 Å². The van der Waals surface area contributed by atoms with Gasteiger partial charge >= 0.3 is 0 Å². The van der Waals surface area contributed by atoms with Crippen LogP contribution < -0.4 is 0 Å². The molecule has 0 aromatic rings. The fraction of sp³-hybridized carbons (Fsp3) is 0.786. The summed E-state index contributed by atoms with van der Waals surface area (Å²) in [6, 6.07) is 0. The lowest BCUT2D eigenvalue weighted by atomic mass is 9.86. The Morgan fingerprint density at radius 3 is 1.67 bits per heavy atom. The van der Waals surface area contributed by atoms with Crippen LogP contribution in [0.3, 0.4) is 0 Å². The Morgan fingerprint density at radius 1 is 0.933 bits per heavy atom. The van der Waals surface area contributed by atoms with E-state index >= 15 is 0 Å². The van der Waals surface area contributed by atoms with Crippen LogP contribution in [0.1, 0.15) is 61.3 Å². The highest BCUT2D eigenvalue weighted by atomic mass is 16.1. The molecule has 0 unspecified atom stereocenters. The van der Waals surface area contributed by atoms with E-state index in [0.29, 0.717) is 6.42 Å². The minimum absolute atomic E-state index is 0.0929. The molecule has 0 N–H and O–H groups in total. The smallest absolute Gasteiger partial charge is 0.156 e. The first-order valence-corrected chi connectivity index (χ1v) is 5.70. The van der Waals surface area contributed by atoms with Gasteiger partial charge in [0.15, 0.2) is 5.78 Å². The molecule has 0 bridgehead atoms. The largest absolute Gasteiger partial charge is 0.295 e. The third-order valence-corrected chi connectivity index (χ3v) is 1.92. The Hall–Kier alpha value is -0.590. The molecule has 0 aromatic heterocycles. The van der Waals surface area contributed by atoms with Crippen molar-refractivity contribution in [3.63, 3.8) is 0 Å². The highest BCUT2D eigenvalue weighted by Gasteiger charge is 2.16. The highest BCUT2D eigenvalue weighted by Crippen LogP contribution is 2.25. The van der Waals surface area contributed by atoms with E-state index in [-0.39, 0.29) is 16.6 Å². The molecule has 88 valence electrons. The van der Waals surface area contributed by atoms with Crippen molar-refractivity contribution in [3.8, 4) is 0 Å². The molecule has 0 aliphatic heterocycles. The van der Waals surface area contributed by atoms with Gasteiger partial charge in [0.2, 0.25) is 0 Å². The second-order valence-corrected chi connectivity index (χ2v) is 6.93. The topological polar surface area (TPSA) is 17.1 Å². The molecule has 0 heterocycles. The van der Waals surface area contributed by atoms with Crippen LogP contribution in [0.15, 0.2) is 11.6 Å². The van der Waals surface area contributed by atoms with Gasteiger partial charge in [0.25, 0.3) is 0 Å². The quantitative estimate of drug-likeness (QED) is 0.632. The molecule has 0 aromatic carbocycles. The van der Waals surface area contributed by atoms with E-state index in [0.717, 1.165) is 6.42 Å². The fourth-order valence-corrected chi connectivity index (χ4v) is 1.74. The Balaban J connectivity index is 4.31. The first-order chi connectivity index (χ1) is 6.49. The van der Waals surface area contributed by atoms with E-state index in [1.807, 2.05) is 13.0 Å². The summed E-state index contributed by atoms with van der Waals surface area (Å²) in [4.78, 5) is 11.7. The first kappa shape index (κ1) is 14.4. The minimum Gasteiger partial charge on any atom is -0.295 e. The molecule has 0 fully saturated rings. The van der Waals surface area contributed by atoms with Gasteiger partial charge in [-0.25, -0.2) is 0 Å². The SMILES string of the molecule is CC(=CC(=O)CC(C)(C)C)CC(C)(C)C. The lowest BCUT2D eigenvalue weighted by molar-refractivity contribution is -0.116. The number of carbonyl (C=O) groups is 1. The van der Waals surface area contributed by atoms with E-state index in [4.69, 9.17) is 0 Å². The lowest BCUT2D eigenvalue weighted by Gasteiger charge is -2.19. The average Bonchev–Trinajstić information content (AvgIpc) is 1.73. The predicted octanol–water partition coefficient (Wildman–Crippen LogP) is 4.37. The van der Waals surface area contributed by atoms with Crippen LogP contribution in [0.25, 0.3) is 0 Å². The van der Waals surface area contributed by atoms with Crippen LogP contribution in [0, 0.1) is 10.8 Å². The summed E-state index contributed by atoms with van der Waals surface area (Å²) in [6.45, 7) is 14.9. The number of ketones is 1. The van der Waals surface area contributed by atoms with Gasteiger partial charge in [-0.2, -0.15) is 0 Å². The van der Waals surface area contributed by atoms with Gasteiger partial charge in [0, 0.05) is 6.42 Å². The summed E-state index contributed by atoms with van der Waals surface area (Å²) in [7, 11) is 0. The number of hydrogen-bond acceptors (Lipinski definition) is 1. The van der Waals surface area contributed by atoms with Crippen molar-refractivity contribution in [1.29, 1.82) is 0 Å². The molecular weight excluding hydrogens is 184 g/mol. The molecule has 0 aliphatic rings. The zero-order valence-corrected chi connectivity index (χ0v) is 11.4. The summed E-state index contributed by atoms with van der Waals surface area (Å²) >= 11 is 0. The third-order valence-electron chi connectivity index (χ3n) is 1.92. The van der Waals surface area contributed by atoms with Gasteiger partial charge in [0.05, 0.1) is 0 Å². The average molecular weight is 210 g/mol. The molecule has 15 heavy (non-hydrogen) atoms. The van der Waals surface area contributed by atoms with E-state index < -0.39 is 0 Å². The van der Waals surface area contributed by atoms with E-state index in [2.05, 4.69) is 41.5 Å². The van der Waals surface area contributed by atoms with Crippen LogP contribution in [0.4, 0.5) is 0 Å². The van der Waals surface area contributed by atoms with Crippen LogP contribution in [0.5, 0.6) is 0 Å². The number of allylic oxidation sites excluding steroid dienone is 2. The van der Waals surface area contributed by atoms with Crippen molar-refractivity contribution in [3.05, 3.63) is 11.6 Å². The predicted molar refractivity (Wildman–Crippen MR) is 66.9 cm³/mol. The molecule has 0 atom stereocenters. The number of carbonyl (C=O) groups excluding carboxylic acids is 1. The lowest BCUT2D eigenvalue weighted by Crippen LogP contribution is -2.12. The standard InChI is InChI=1S/C14H26O/c1-11(9-13(2,3)4)8-12(15)10-14(5,6)7/h8H,9-10H2,1-7H3. The fourth-order valence-electron chi connectivity index (χ4n) is 1.74. The Bertz CT molecular complexity index is 245. The second-order valence-electron chi connectivity index (χ2n) is 6.93.